The first-order valence-corrected chi connectivity index (χ1v) is 12.9. The molecule has 194 valence electrons. The number of alkyl halides is 1. The van der Waals surface area contributed by atoms with Crippen molar-refractivity contribution in [3.63, 3.8) is 0 Å². The molecule has 5 N–H and O–H groups in total. The fourth-order valence-corrected chi connectivity index (χ4v) is 4.49. The number of hydrogen-bond acceptors (Lipinski definition) is 10. The Labute approximate surface area is 211 Å². The minimum Gasteiger partial charge on any atom is -0.396 e. The molecule has 0 saturated carbocycles. The van der Waals surface area contributed by atoms with E-state index in [4.69, 9.17) is 10.8 Å². The Balaban J connectivity index is 1.62. The maximum absolute atomic E-state index is 15.2. The monoisotopic (exact) mass is 530 g/mol. The topological polar surface area (TPSA) is 169 Å². The number of pyridine rings is 1. The van der Waals surface area contributed by atoms with Crippen LogP contribution in [0.2, 0.25) is 0 Å². The molecular weight excluding hydrogens is 506 g/mol. The number of halogens is 2. The van der Waals surface area contributed by atoms with E-state index < -0.39 is 28.3 Å². The third-order valence-electron chi connectivity index (χ3n) is 5.18. The third-order valence-corrected chi connectivity index (χ3v) is 6.54. The highest BCUT2D eigenvalue weighted by Gasteiger charge is 2.18. The van der Waals surface area contributed by atoms with Gasteiger partial charge < -0.3 is 16.2 Å². The van der Waals surface area contributed by atoms with Crippen molar-refractivity contribution in [2.45, 2.75) is 12.8 Å². The Hall–Kier alpha value is -4.04. The quantitative estimate of drug-likeness (QED) is 0.212. The maximum atomic E-state index is 15.2. The number of nitrogens with one attached hydrogen (secondary N) is 2. The highest BCUT2D eigenvalue weighted by atomic mass is 32.2. The van der Waals surface area contributed by atoms with Crippen LogP contribution in [0.1, 0.15) is 12.8 Å². The number of aliphatic hydroxyl groups excluding tert-OH is 1. The maximum Gasteiger partial charge on any atom is 0.232 e. The van der Waals surface area contributed by atoms with Crippen molar-refractivity contribution in [3.05, 3.63) is 48.5 Å². The summed E-state index contributed by atoms with van der Waals surface area (Å²) in [7, 11) is -3.91. The second-order valence-corrected chi connectivity index (χ2v) is 9.77. The van der Waals surface area contributed by atoms with E-state index in [-0.39, 0.29) is 47.1 Å². The number of aromatic nitrogens is 5. The van der Waals surface area contributed by atoms with Gasteiger partial charge in [0.15, 0.2) is 17.5 Å². The summed E-state index contributed by atoms with van der Waals surface area (Å²) >= 11 is 0. The van der Waals surface area contributed by atoms with E-state index in [1.807, 2.05) is 0 Å². The van der Waals surface area contributed by atoms with Crippen molar-refractivity contribution in [1.29, 1.82) is 0 Å². The number of nitrogen functional groups attached to an aromatic ring is 1. The van der Waals surface area contributed by atoms with Crippen molar-refractivity contribution >= 4 is 38.5 Å². The number of nitrogens with zero attached hydrogens (tertiary/aromatic N) is 5. The summed E-state index contributed by atoms with van der Waals surface area (Å²) in [6.45, 7) is -0.210. The molecule has 4 rings (SSSR count). The lowest BCUT2D eigenvalue weighted by Gasteiger charge is -2.12. The number of benzene rings is 1. The van der Waals surface area contributed by atoms with Crippen LogP contribution in [0.4, 0.5) is 26.2 Å². The van der Waals surface area contributed by atoms with E-state index in [1.165, 1.54) is 36.7 Å². The van der Waals surface area contributed by atoms with Gasteiger partial charge in [0.1, 0.15) is 5.52 Å². The number of rotatable bonds is 11. The number of hydrogen-bond donors (Lipinski definition) is 4. The van der Waals surface area contributed by atoms with E-state index in [1.54, 1.807) is 6.07 Å². The summed E-state index contributed by atoms with van der Waals surface area (Å²) in [5, 5.41) is 11.8. The Kier molecular flexibility index (Phi) is 7.98. The minimum atomic E-state index is -3.91. The molecule has 0 aliphatic heterocycles. The smallest absolute Gasteiger partial charge is 0.232 e. The number of sulfonamides is 1. The van der Waals surface area contributed by atoms with E-state index in [0.717, 1.165) is 0 Å². The first-order chi connectivity index (χ1) is 17.8. The normalized spacial score (nSPS) is 11.5. The third kappa shape index (κ3) is 6.21. The van der Waals surface area contributed by atoms with Crippen molar-refractivity contribution in [2.24, 2.45) is 0 Å². The predicted octanol–water partition coefficient (Wildman–Crippen LogP) is 2.77. The number of nitrogens with two attached hydrogens (primary N) is 1. The predicted molar refractivity (Wildman–Crippen MR) is 136 cm³/mol. The molecule has 3 heterocycles. The summed E-state index contributed by atoms with van der Waals surface area (Å²) in [5.74, 6) is -0.579. The molecule has 0 saturated heterocycles. The van der Waals surface area contributed by atoms with Gasteiger partial charge in [0.25, 0.3) is 0 Å². The molecule has 0 spiro atoms. The van der Waals surface area contributed by atoms with E-state index in [9.17, 15) is 12.8 Å². The molecule has 0 atom stereocenters. The summed E-state index contributed by atoms with van der Waals surface area (Å²) in [6.07, 6.45) is 3.44. The molecular formula is C23H24F2N8O3S. The number of anilines is 3. The molecule has 11 nitrogen and oxygen atoms in total. The van der Waals surface area contributed by atoms with Gasteiger partial charge in [-0.25, -0.2) is 37.7 Å². The van der Waals surface area contributed by atoms with Gasteiger partial charge in [-0.05, 0) is 37.1 Å². The van der Waals surface area contributed by atoms with Crippen LogP contribution in [0, 0.1) is 5.82 Å². The average molecular weight is 531 g/mol. The van der Waals surface area contributed by atoms with Crippen LogP contribution >= 0.6 is 0 Å². The molecule has 0 aliphatic rings. The molecule has 0 fully saturated rings. The van der Waals surface area contributed by atoms with E-state index in [0.29, 0.717) is 30.0 Å². The van der Waals surface area contributed by atoms with Crippen LogP contribution < -0.4 is 15.8 Å². The van der Waals surface area contributed by atoms with Gasteiger partial charge >= 0.3 is 0 Å². The second kappa shape index (κ2) is 11.3. The Morgan fingerprint density at radius 1 is 1.03 bits per heavy atom. The lowest BCUT2D eigenvalue weighted by molar-refractivity contribution is 0.292. The lowest BCUT2D eigenvalue weighted by atomic mass is 10.1. The average Bonchev–Trinajstić information content (AvgIpc) is 2.89. The van der Waals surface area contributed by atoms with E-state index in [2.05, 4.69) is 35.0 Å². The largest absolute Gasteiger partial charge is 0.396 e. The van der Waals surface area contributed by atoms with Gasteiger partial charge in [0.2, 0.25) is 16.0 Å². The zero-order valence-electron chi connectivity index (χ0n) is 19.5. The summed E-state index contributed by atoms with van der Waals surface area (Å²) in [4.78, 5) is 21.5. The lowest BCUT2D eigenvalue weighted by Crippen LogP contribution is -2.18. The first kappa shape index (κ1) is 26.0. The fraction of sp³-hybridized carbons (Fsp3) is 0.261. The Morgan fingerprint density at radius 2 is 1.81 bits per heavy atom. The van der Waals surface area contributed by atoms with Crippen molar-refractivity contribution in [1.82, 2.24) is 24.9 Å². The SMILES string of the molecule is Nc1nc(-c2cnc(NCCCO)nc2)nc2ccc(-c3cccc(NS(=O)(=O)CCCF)c3F)nc12. The molecule has 3 aromatic heterocycles. The van der Waals surface area contributed by atoms with Crippen molar-refractivity contribution in [2.75, 3.05) is 41.4 Å². The van der Waals surface area contributed by atoms with Crippen LogP contribution in [0.15, 0.2) is 42.7 Å². The zero-order chi connectivity index (χ0) is 26.4. The van der Waals surface area contributed by atoms with Crippen molar-refractivity contribution in [3.8, 4) is 22.6 Å². The second-order valence-electron chi connectivity index (χ2n) is 7.93. The zero-order valence-corrected chi connectivity index (χ0v) is 20.3. The van der Waals surface area contributed by atoms with Gasteiger partial charge in [-0.15, -0.1) is 0 Å². The molecule has 0 aliphatic carbocycles. The molecule has 4 aromatic rings. The molecule has 0 radical (unpaired) electrons. The molecule has 0 unspecified atom stereocenters. The fourth-order valence-electron chi connectivity index (χ4n) is 3.40. The number of fused-ring (bicyclic) bond motifs is 1. The van der Waals surface area contributed by atoms with Gasteiger partial charge in [-0.3, -0.25) is 9.11 Å². The van der Waals surface area contributed by atoms with Crippen LogP contribution in [0.5, 0.6) is 0 Å². The molecule has 1 aromatic carbocycles. The van der Waals surface area contributed by atoms with Crippen LogP contribution in [0.25, 0.3) is 33.7 Å². The molecule has 0 bridgehead atoms. The van der Waals surface area contributed by atoms with E-state index >= 15 is 4.39 Å². The van der Waals surface area contributed by atoms with Gasteiger partial charge in [0.05, 0.1) is 34.9 Å². The summed E-state index contributed by atoms with van der Waals surface area (Å²) in [5.41, 5.74) is 7.26. The Morgan fingerprint density at radius 3 is 2.54 bits per heavy atom. The highest BCUT2D eigenvalue weighted by molar-refractivity contribution is 7.92. The molecule has 37 heavy (non-hydrogen) atoms. The van der Waals surface area contributed by atoms with Gasteiger partial charge in [0, 0.05) is 31.1 Å². The Bertz CT molecular complexity index is 1500. The van der Waals surface area contributed by atoms with Crippen LogP contribution in [0.3, 0.4) is 0 Å². The number of aliphatic hydroxyl groups is 1. The minimum absolute atomic E-state index is 0.0359. The summed E-state index contributed by atoms with van der Waals surface area (Å²) in [6, 6.07) is 7.32. The van der Waals surface area contributed by atoms with Crippen LogP contribution in [-0.4, -0.2) is 64.0 Å². The highest BCUT2D eigenvalue weighted by Crippen LogP contribution is 2.30. The summed E-state index contributed by atoms with van der Waals surface area (Å²) < 4.78 is 53.9. The first-order valence-electron chi connectivity index (χ1n) is 11.3. The standard InChI is InChI=1S/C23H24F2N8O3S/c24-8-2-11-37(35,36)33-17-5-1-4-15(19(17)25)16-6-7-18-20(30-16)21(26)32-22(31-18)14-12-28-23(29-13-14)27-9-3-10-34/h1,4-7,12-13,33-34H,2-3,8-11H2,(H2,26,31,32)(H,27,28,29). The molecule has 14 heteroatoms. The van der Waals surface area contributed by atoms with Crippen molar-refractivity contribution < 1.29 is 22.3 Å². The van der Waals surface area contributed by atoms with Crippen LogP contribution in [-0.2, 0) is 10.0 Å². The van der Waals surface area contributed by atoms with Gasteiger partial charge in [-0.2, -0.15) is 0 Å². The molecule has 0 amide bonds. The van der Waals surface area contributed by atoms with Gasteiger partial charge in [-0.1, -0.05) is 6.07 Å².